The topological polar surface area (TPSA) is 12.0 Å². The Labute approximate surface area is 155 Å². The van der Waals surface area contributed by atoms with Gasteiger partial charge in [-0.25, -0.2) is 0 Å². The van der Waals surface area contributed by atoms with Crippen LogP contribution in [0.1, 0.15) is 35.1 Å². The molecule has 0 saturated heterocycles. The summed E-state index contributed by atoms with van der Waals surface area (Å²) in [4.78, 5) is 0. The van der Waals surface area contributed by atoms with Crippen LogP contribution < -0.4 is 5.32 Å². The van der Waals surface area contributed by atoms with E-state index in [1.165, 1.54) is 12.1 Å². The van der Waals surface area contributed by atoms with E-state index in [2.05, 4.69) is 23.5 Å². The van der Waals surface area contributed by atoms with Crippen LogP contribution in [-0.2, 0) is 6.18 Å². The smallest absolute Gasteiger partial charge is 0.377 e. The second kappa shape index (κ2) is 5.88. The zero-order valence-electron chi connectivity index (χ0n) is 14.5. The second-order valence-electron chi connectivity index (χ2n) is 7.31. The maximum Gasteiger partial charge on any atom is 0.418 e. The molecule has 0 saturated carbocycles. The van der Waals surface area contributed by atoms with Crippen molar-refractivity contribution in [1.29, 1.82) is 0 Å². The zero-order chi connectivity index (χ0) is 18.6. The standard InChI is InChI=1S/C23H18F3N/c24-23(25,26)20-13-5-12-19-16-9-4-11-18(16)21(27-22(19)20)17-10-3-7-14-6-1-2-8-15(14)17/h1-10,12-13,16,18,21,27H,11H2/t16-,18-,21+/m0/s1. The summed E-state index contributed by atoms with van der Waals surface area (Å²) in [5.74, 6) is 0.222. The molecule has 1 aliphatic heterocycles. The fourth-order valence-electron chi connectivity index (χ4n) is 4.69. The highest BCUT2D eigenvalue weighted by Crippen LogP contribution is 2.53. The highest BCUT2D eigenvalue weighted by Gasteiger charge is 2.43. The number of allylic oxidation sites excluding steroid dienone is 2. The monoisotopic (exact) mass is 365 g/mol. The van der Waals surface area contributed by atoms with Crippen LogP contribution in [0.4, 0.5) is 18.9 Å². The quantitative estimate of drug-likeness (QED) is 0.474. The second-order valence-corrected chi connectivity index (χ2v) is 7.31. The number of nitrogens with one attached hydrogen (secondary N) is 1. The lowest BCUT2D eigenvalue weighted by Crippen LogP contribution is -2.30. The summed E-state index contributed by atoms with van der Waals surface area (Å²) < 4.78 is 40.9. The average Bonchev–Trinajstić information content (AvgIpc) is 3.16. The fourth-order valence-corrected chi connectivity index (χ4v) is 4.69. The first-order valence-corrected chi connectivity index (χ1v) is 9.15. The van der Waals surface area contributed by atoms with Crippen molar-refractivity contribution in [3.8, 4) is 0 Å². The Morgan fingerprint density at radius 3 is 2.44 bits per heavy atom. The number of benzene rings is 3. The van der Waals surface area contributed by atoms with Crippen LogP contribution in [0.2, 0.25) is 0 Å². The van der Waals surface area contributed by atoms with Gasteiger partial charge in [-0.15, -0.1) is 0 Å². The summed E-state index contributed by atoms with van der Waals surface area (Å²) in [5, 5.41) is 5.49. The predicted molar refractivity (Wildman–Crippen MR) is 102 cm³/mol. The highest BCUT2D eigenvalue weighted by molar-refractivity contribution is 5.87. The molecule has 1 nitrogen and oxygen atoms in total. The van der Waals surface area contributed by atoms with Gasteiger partial charge >= 0.3 is 6.18 Å². The molecule has 2 aliphatic rings. The Morgan fingerprint density at radius 2 is 1.59 bits per heavy atom. The Morgan fingerprint density at radius 1 is 0.852 bits per heavy atom. The van der Waals surface area contributed by atoms with Crippen LogP contribution in [0.25, 0.3) is 10.8 Å². The molecule has 136 valence electrons. The molecule has 27 heavy (non-hydrogen) atoms. The lowest BCUT2D eigenvalue weighted by Gasteiger charge is -2.39. The first-order valence-electron chi connectivity index (χ1n) is 9.15. The molecular weight excluding hydrogens is 347 g/mol. The first-order chi connectivity index (χ1) is 13.0. The molecule has 0 bridgehead atoms. The van der Waals surface area contributed by atoms with E-state index in [9.17, 15) is 13.2 Å². The van der Waals surface area contributed by atoms with Gasteiger partial charge in [0.05, 0.1) is 17.3 Å². The van der Waals surface area contributed by atoms with E-state index in [0.717, 1.165) is 28.3 Å². The van der Waals surface area contributed by atoms with Crippen LogP contribution in [0.5, 0.6) is 0 Å². The van der Waals surface area contributed by atoms with Gasteiger partial charge < -0.3 is 5.32 Å². The first kappa shape index (κ1) is 16.4. The van der Waals surface area contributed by atoms with Gasteiger partial charge in [0.15, 0.2) is 0 Å². The molecule has 3 aromatic carbocycles. The molecule has 3 atom stereocenters. The molecule has 4 heteroatoms. The van der Waals surface area contributed by atoms with Crippen molar-refractivity contribution in [2.24, 2.45) is 5.92 Å². The maximum atomic E-state index is 13.6. The fraction of sp³-hybridized carbons (Fsp3) is 0.217. The predicted octanol–water partition coefficient (Wildman–Crippen LogP) is 6.69. The number of rotatable bonds is 1. The van der Waals surface area contributed by atoms with Crippen molar-refractivity contribution in [3.05, 3.63) is 89.5 Å². The number of halogens is 3. The number of para-hydroxylation sites is 1. The molecule has 1 heterocycles. The number of anilines is 1. The lowest BCUT2D eigenvalue weighted by atomic mass is 9.75. The van der Waals surface area contributed by atoms with Crippen LogP contribution in [-0.4, -0.2) is 0 Å². The summed E-state index contributed by atoms with van der Waals surface area (Å²) in [5.41, 5.74) is 1.47. The van der Waals surface area contributed by atoms with Crippen molar-refractivity contribution < 1.29 is 13.2 Å². The van der Waals surface area contributed by atoms with E-state index in [1.54, 1.807) is 0 Å². The minimum Gasteiger partial charge on any atom is -0.377 e. The van der Waals surface area contributed by atoms with Crippen molar-refractivity contribution in [3.63, 3.8) is 0 Å². The third-order valence-corrected chi connectivity index (χ3v) is 5.86. The molecule has 3 aromatic rings. The Balaban J connectivity index is 1.71. The van der Waals surface area contributed by atoms with E-state index < -0.39 is 11.7 Å². The Hall–Kier alpha value is -2.75. The summed E-state index contributed by atoms with van der Waals surface area (Å²) in [7, 11) is 0. The van der Waals surface area contributed by atoms with Gasteiger partial charge in [-0.1, -0.05) is 66.7 Å². The maximum absolute atomic E-state index is 13.6. The van der Waals surface area contributed by atoms with E-state index >= 15 is 0 Å². The van der Waals surface area contributed by atoms with Gasteiger partial charge in [-0.05, 0) is 40.3 Å². The van der Waals surface area contributed by atoms with Gasteiger partial charge in [-0.3, -0.25) is 0 Å². The van der Waals surface area contributed by atoms with Gasteiger partial charge in [0, 0.05) is 5.92 Å². The molecule has 0 amide bonds. The van der Waals surface area contributed by atoms with Crippen molar-refractivity contribution in [2.45, 2.75) is 24.6 Å². The summed E-state index contributed by atoms with van der Waals surface area (Å²) in [6.45, 7) is 0. The molecule has 1 aliphatic carbocycles. The van der Waals surface area contributed by atoms with Gasteiger partial charge in [0.1, 0.15) is 0 Å². The van der Waals surface area contributed by atoms with E-state index in [4.69, 9.17) is 0 Å². The molecule has 1 N–H and O–H groups in total. The molecule has 0 fully saturated rings. The number of alkyl halides is 3. The normalized spacial score (nSPS) is 23.7. The molecule has 0 unspecified atom stereocenters. The van der Waals surface area contributed by atoms with Crippen molar-refractivity contribution in [2.75, 3.05) is 5.32 Å². The minimum atomic E-state index is -4.38. The molecule has 5 rings (SSSR count). The minimum absolute atomic E-state index is 0.00696. The Kier molecular flexibility index (Phi) is 3.58. The van der Waals surface area contributed by atoms with Crippen LogP contribution >= 0.6 is 0 Å². The molecule has 0 aromatic heterocycles. The molecule has 0 radical (unpaired) electrons. The number of fused-ring (bicyclic) bond motifs is 4. The summed E-state index contributed by atoms with van der Waals surface area (Å²) in [6.07, 6.45) is 0.658. The van der Waals surface area contributed by atoms with Gasteiger partial charge in [0.2, 0.25) is 0 Å². The number of hydrogen-bond acceptors (Lipinski definition) is 1. The average molecular weight is 365 g/mol. The zero-order valence-corrected chi connectivity index (χ0v) is 14.5. The van der Waals surface area contributed by atoms with Crippen molar-refractivity contribution in [1.82, 2.24) is 0 Å². The van der Waals surface area contributed by atoms with Gasteiger partial charge in [-0.2, -0.15) is 13.2 Å². The SMILES string of the molecule is FC(F)(F)c1cccc2c1N[C@H](c1cccc3ccccc13)[C@H]1CC=C[C@H]21. The Bertz CT molecular complexity index is 1050. The van der Waals surface area contributed by atoms with Crippen LogP contribution in [0, 0.1) is 5.92 Å². The third kappa shape index (κ3) is 2.54. The van der Waals surface area contributed by atoms with E-state index in [-0.39, 0.29) is 23.6 Å². The van der Waals surface area contributed by atoms with Crippen LogP contribution in [0.15, 0.2) is 72.8 Å². The third-order valence-electron chi connectivity index (χ3n) is 5.86. The van der Waals surface area contributed by atoms with Crippen LogP contribution in [0.3, 0.4) is 0 Å². The largest absolute Gasteiger partial charge is 0.418 e. The van der Waals surface area contributed by atoms with E-state index in [0.29, 0.717) is 0 Å². The summed E-state index contributed by atoms with van der Waals surface area (Å²) >= 11 is 0. The highest BCUT2D eigenvalue weighted by atomic mass is 19.4. The molecule has 0 spiro atoms. The van der Waals surface area contributed by atoms with Gasteiger partial charge in [0.25, 0.3) is 0 Å². The summed E-state index contributed by atoms with van der Waals surface area (Å²) in [6, 6.07) is 18.5. The van der Waals surface area contributed by atoms with Crippen molar-refractivity contribution >= 4 is 16.5 Å². The molecular formula is C23H18F3N. The lowest BCUT2D eigenvalue weighted by molar-refractivity contribution is -0.137. The number of hydrogen-bond donors (Lipinski definition) is 1. The van der Waals surface area contributed by atoms with E-state index in [1.807, 2.05) is 42.5 Å².